The van der Waals surface area contributed by atoms with Gasteiger partial charge in [-0.2, -0.15) is 0 Å². The summed E-state index contributed by atoms with van der Waals surface area (Å²) in [5.74, 6) is -1.39. The van der Waals surface area contributed by atoms with Crippen molar-refractivity contribution in [2.24, 2.45) is 0 Å². The van der Waals surface area contributed by atoms with Gasteiger partial charge in [-0.3, -0.25) is 24.6 Å². The summed E-state index contributed by atoms with van der Waals surface area (Å²) in [4.78, 5) is 40.5. The van der Waals surface area contributed by atoms with E-state index in [0.717, 1.165) is 16.0 Å². The molecular weight excluding hydrogens is 418 g/mol. The number of benzene rings is 3. The zero-order chi connectivity index (χ0) is 22.8. The number of rotatable bonds is 6. The minimum absolute atomic E-state index is 0.133. The molecule has 1 aromatic heterocycles. The van der Waals surface area contributed by atoms with Gasteiger partial charge in [-0.25, -0.2) is 0 Å². The predicted molar refractivity (Wildman–Crippen MR) is 121 cm³/mol. The maximum absolute atomic E-state index is 13.3. The fourth-order valence-electron chi connectivity index (χ4n) is 3.91. The van der Waals surface area contributed by atoms with Crippen molar-refractivity contribution >= 4 is 23.6 Å². The maximum Gasteiger partial charge on any atom is 0.262 e. The largest absolute Gasteiger partial charge is 0.338 e. The molecule has 33 heavy (non-hydrogen) atoms. The topological polar surface area (TPSA) is 92.5 Å². The van der Waals surface area contributed by atoms with Gasteiger partial charge in [0.1, 0.15) is 11.7 Å². The Bertz CT molecular complexity index is 1300. The zero-order valence-corrected chi connectivity index (χ0v) is 17.5. The van der Waals surface area contributed by atoms with Crippen molar-refractivity contribution in [1.29, 1.82) is 0 Å². The molecule has 0 bridgehead atoms. The summed E-state index contributed by atoms with van der Waals surface area (Å²) in [5, 5.41) is 6.69. The highest BCUT2D eigenvalue weighted by Crippen LogP contribution is 2.27. The van der Waals surface area contributed by atoms with Crippen LogP contribution in [0.15, 0.2) is 95.5 Å². The second-order valence-corrected chi connectivity index (χ2v) is 7.66. The van der Waals surface area contributed by atoms with Gasteiger partial charge in [0.2, 0.25) is 11.8 Å². The van der Waals surface area contributed by atoms with E-state index in [1.54, 1.807) is 30.3 Å². The van der Waals surface area contributed by atoms with Crippen LogP contribution >= 0.6 is 0 Å². The van der Waals surface area contributed by atoms with Crippen LogP contribution < -0.4 is 5.32 Å². The molecule has 1 N–H and O–H groups in total. The lowest BCUT2D eigenvalue weighted by atomic mass is 10.0. The maximum atomic E-state index is 13.3. The van der Waals surface area contributed by atoms with Gasteiger partial charge < -0.3 is 4.52 Å². The van der Waals surface area contributed by atoms with E-state index in [1.165, 1.54) is 0 Å². The van der Waals surface area contributed by atoms with E-state index in [4.69, 9.17) is 4.52 Å². The molecule has 7 nitrogen and oxygen atoms in total. The summed E-state index contributed by atoms with van der Waals surface area (Å²) in [6.07, 6.45) is 0.165. The molecule has 162 valence electrons. The molecule has 3 aromatic carbocycles. The molecule has 5 rings (SSSR count). The summed E-state index contributed by atoms with van der Waals surface area (Å²) in [6, 6.07) is 25.7. The van der Waals surface area contributed by atoms with Crippen molar-refractivity contribution in [2.45, 2.75) is 12.5 Å². The lowest BCUT2D eigenvalue weighted by molar-refractivity contribution is -0.120. The van der Waals surface area contributed by atoms with Crippen molar-refractivity contribution in [2.75, 3.05) is 5.32 Å². The van der Waals surface area contributed by atoms with E-state index in [0.29, 0.717) is 16.8 Å². The number of nitrogens with one attached hydrogen (secondary N) is 1. The van der Waals surface area contributed by atoms with Crippen LogP contribution in [0.25, 0.3) is 11.3 Å². The molecule has 0 fully saturated rings. The average Bonchev–Trinajstić information content (AvgIpc) is 3.42. The van der Waals surface area contributed by atoms with Crippen molar-refractivity contribution in [3.63, 3.8) is 0 Å². The van der Waals surface area contributed by atoms with Crippen LogP contribution in [-0.4, -0.2) is 33.8 Å². The lowest BCUT2D eigenvalue weighted by Crippen LogP contribution is -2.48. The number of amides is 3. The minimum Gasteiger partial charge on any atom is -0.338 e. The lowest BCUT2D eigenvalue weighted by Gasteiger charge is -2.25. The van der Waals surface area contributed by atoms with Crippen LogP contribution in [0.3, 0.4) is 0 Å². The Morgan fingerprint density at radius 2 is 1.42 bits per heavy atom. The van der Waals surface area contributed by atoms with Crippen LogP contribution in [0.5, 0.6) is 0 Å². The number of nitrogens with zero attached hydrogens (tertiary/aromatic N) is 2. The minimum atomic E-state index is -1.06. The standard InChI is InChI=1S/C26H19N3O4/c30-24(27-23-16-21(28-33-23)18-11-5-2-6-12-18)22(15-17-9-3-1-4-10-17)29-25(31)19-13-7-8-14-20(19)26(29)32/h1-14,16,22H,15H2,(H,27,30)/t22-/m1/s1. The Balaban J connectivity index is 1.44. The molecule has 0 saturated heterocycles. The highest BCUT2D eigenvalue weighted by atomic mass is 16.5. The summed E-state index contributed by atoms with van der Waals surface area (Å²) in [5.41, 5.74) is 2.80. The van der Waals surface area contributed by atoms with Gasteiger partial charge >= 0.3 is 0 Å². The number of fused-ring (bicyclic) bond motifs is 1. The summed E-state index contributed by atoms with van der Waals surface area (Å²) >= 11 is 0. The fraction of sp³-hybridized carbons (Fsp3) is 0.0769. The molecule has 1 atom stereocenters. The van der Waals surface area contributed by atoms with Crippen molar-refractivity contribution in [3.05, 3.63) is 108 Å². The Kier molecular flexibility index (Phi) is 5.28. The molecule has 0 radical (unpaired) electrons. The molecule has 7 heteroatoms. The number of carbonyl (C=O) groups excluding carboxylic acids is 3. The number of anilines is 1. The smallest absolute Gasteiger partial charge is 0.262 e. The molecule has 2 heterocycles. The highest BCUT2D eigenvalue weighted by molar-refractivity contribution is 6.23. The Labute approximate surface area is 189 Å². The summed E-state index contributed by atoms with van der Waals surface area (Å²) < 4.78 is 5.30. The second-order valence-electron chi connectivity index (χ2n) is 7.66. The van der Waals surface area contributed by atoms with Crippen LogP contribution in [0, 0.1) is 0 Å². The first kappa shape index (κ1) is 20.4. The quantitative estimate of drug-likeness (QED) is 0.457. The molecule has 0 saturated carbocycles. The van der Waals surface area contributed by atoms with Crippen molar-refractivity contribution in [1.82, 2.24) is 10.1 Å². The van der Waals surface area contributed by atoms with Gasteiger partial charge in [-0.15, -0.1) is 0 Å². The molecule has 1 aliphatic heterocycles. The van der Waals surface area contributed by atoms with Crippen LogP contribution in [0.1, 0.15) is 26.3 Å². The average molecular weight is 437 g/mol. The van der Waals surface area contributed by atoms with Crippen molar-refractivity contribution < 1.29 is 18.9 Å². The van der Waals surface area contributed by atoms with Crippen molar-refractivity contribution in [3.8, 4) is 11.3 Å². The fourth-order valence-corrected chi connectivity index (χ4v) is 3.91. The first-order valence-electron chi connectivity index (χ1n) is 10.5. The van der Waals surface area contributed by atoms with Gasteiger partial charge in [-0.1, -0.05) is 78.0 Å². The van der Waals surface area contributed by atoms with E-state index in [-0.39, 0.29) is 12.3 Å². The second kappa shape index (κ2) is 8.55. The zero-order valence-electron chi connectivity index (χ0n) is 17.5. The van der Waals surface area contributed by atoms with E-state index in [2.05, 4.69) is 10.5 Å². The van der Waals surface area contributed by atoms with Gasteiger partial charge in [0.05, 0.1) is 11.1 Å². The highest BCUT2D eigenvalue weighted by Gasteiger charge is 2.42. The molecule has 0 unspecified atom stereocenters. The number of aromatic nitrogens is 1. The molecule has 0 aliphatic carbocycles. The number of imide groups is 1. The van der Waals surface area contributed by atoms with E-state index < -0.39 is 23.8 Å². The van der Waals surface area contributed by atoms with Crippen LogP contribution in [0.4, 0.5) is 5.88 Å². The molecule has 3 amide bonds. The number of carbonyl (C=O) groups is 3. The monoisotopic (exact) mass is 437 g/mol. The molecule has 0 spiro atoms. The molecule has 4 aromatic rings. The molecular formula is C26H19N3O4. The van der Waals surface area contributed by atoms with E-state index in [1.807, 2.05) is 60.7 Å². The normalized spacial score (nSPS) is 13.6. The number of hydrogen-bond donors (Lipinski definition) is 1. The SMILES string of the molecule is O=C(Nc1cc(-c2ccccc2)no1)[C@@H](Cc1ccccc1)N1C(=O)c2ccccc2C1=O. The van der Waals surface area contributed by atoms with Gasteiger partial charge in [0, 0.05) is 18.1 Å². The van der Waals surface area contributed by atoms with Gasteiger partial charge in [0.15, 0.2) is 0 Å². The third kappa shape index (κ3) is 3.92. The molecule has 1 aliphatic rings. The first-order chi connectivity index (χ1) is 16.1. The predicted octanol–water partition coefficient (Wildman–Crippen LogP) is 4.19. The van der Waals surface area contributed by atoms with E-state index >= 15 is 0 Å². The number of hydrogen-bond acceptors (Lipinski definition) is 5. The first-order valence-corrected chi connectivity index (χ1v) is 10.5. The third-order valence-corrected chi connectivity index (χ3v) is 5.54. The Hall–Kier alpha value is -4.52. The van der Waals surface area contributed by atoms with Crippen LogP contribution in [-0.2, 0) is 11.2 Å². The summed E-state index contributed by atoms with van der Waals surface area (Å²) in [6.45, 7) is 0. The summed E-state index contributed by atoms with van der Waals surface area (Å²) in [7, 11) is 0. The Morgan fingerprint density at radius 3 is 2.06 bits per heavy atom. The van der Waals surface area contributed by atoms with E-state index in [9.17, 15) is 14.4 Å². The Morgan fingerprint density at radius 1 is 0.848 bits per heavy atom. The van der Waals surface area contributed by atoms with Gasteiger partial charge in [-0.05, 0) is 17.7 Å². The third-order valence-electron chi connectivity index (χ3n) is 5.54. The van der Waals surface area contributed by atoms with Crippen LogP contribution in [0.2, 0.25) is 0 Å². The van der Waals surface area contributed by atoms with Gasteiger partial charge in [0.25, 0.3) is 11.8 Å².